The number of aliphatic carboxylic acids is 2. The van der Waals surface area contributed by atoms with Crippen molar-refractivity contribution in [3.05, 3.63) is 0 Å². The van der Waals surface area contributed by atoms with Crippen molar-refractivity contribution in [2.75, 3.05) is 0 Å². The molecule has 6 nitrogen and oxygen atoms in total. The molecule has 0 atom stereocenters. The van der Waals surface area contributed by atoms with Crippen LogP contribution < -0.4 is 0 Å². The summed E-state index contributed by atoms with van der Waals surface area (Å²) in [5, 5.41) is 33.0. The first-order chi connectivity index (χ1) is 7.19. The van der Waals surface area contributed by atoms with E-state index >= 15 is 0 Å². The average molecular weight is 236 g/mol. The minimum absolute atomic E-state index is 0.0628. The van der Waals surface area contributed by atoms with Crippen molar-refractivity contribution in [3.63, 3.8) is 0 Å². The molecule has 6 heteroatoms. The molecule has 0 amide bonds. The van der Waals surface area contributed by atoms with Gasteiger partial charge in [0.2, 0.25) is 0 Å². The third-order valence-corrected chi connectivity index (χ3v) is 1.70. The number of carboxylic acid groups (broad SMARTS) is 2. The summed E-state index contributed by atoms with van der Waals surface area (Å²) in [5.74, 6) is -3.20. The second-order valence-electron chi connectivity index (χ2n) is 3.57. The lowest BCUT2D eigenvalue weighted by Crippen LogP contribution is -2.20. The van der Waals surface area contributed by atoms with Gasteiger partial charge in [0.15, 0.2) is 5.79 Å². The highest BCUT2D eigenvalue weighted by atomic mass is 16.5. The maximum atomic E-state index is 9.90. The predicted molar refractivity (Wildman–Crippen MR) is 56.9 cm³/mol. The van der Waals surface area contributed by atoms with Gasteiger partial charge in [-0.3, -0.25) is 9.59 Å². The number of carbonyl (C=O) groups is 2. The molecule has 0 aromatic carbocycles. The van der Waals surface area contributed by atoms with E-state index in [0.717, 1.165) is 0 Å². The van der Waals surface area contributed by atoms with Crippen LogP contribution in [0, 0.1) is 0 Å². The third kappa shape index (κ3) is 23.0. The Bertz CT molecular complexity index is 190. The zero-order chi connectivity index (χ0) is 13.2. The molecule has 4 N–H and O–H groups in total. The highest BCUT2D eigenvalue weighted by Gasteiger charge is 2.08. The van der Waals surface area contributed by atoms with Gasteiger partial charge in [0.25, 0.3) is 0 Å². The van der Waals surface area contributed by atoms with E-state index in [2.05, 4.69) is 0 Å². The highest BCUT2D eigenvalue weighted by Crippen LogP contribution is 1.99. The molecular weight excluding hydrogens is 216 g/mol. The van der Waals surface area contributed by atoms with Crippen molar-refractivity contribution < 1.29 is 30.0 Å². The van der Waals surface area contributed by atoms with Crippen molar-refractivity contribution in [3.8, 4) is 0 Å². The Morgan fingerprint density at radius 2 is 1.25 bits per heavy atom. The Kier molecular flexibility index (Phi) is 9.83. The number of unbranched alkanes of at least 4 members (excludes halogenated alkanes) is 1. The fourth-order valence-electron chi connectivity index (χ4n) is 0.552. The van der Waals surface area contributed by atoms with Gasteiger partial charge in [-0.25, -0.2) is 0 Å². The van der Waals surface area contributed by atoms with E-state index in [1.54, 1.807) is 6.92 Å². The van der Waals surface area contributed by atoms with Gasteiger partial charge in [0, 0.05) is 12.8 Å². The Morgan fingerprint density at radius 1 is 1.00 bits per heavy atom. The molecule has 0 aliphatic carbocycles. The molecule has 0 fully saturated rings. The predicted octanol–water partition coefficient (Wildman–Crippen LogP) is 0.813. The first kappa shape index (κ1) is 17.3. The van der Waals surface area contributed by atoms with Crippen LogP contribution in [-0.4, -0.2) is 38.2 Å². The number of hydrogen-bond donors (Lipinski definition) is 4. The topological polar surface area (TPSA) is 115 Å². The minimum Gasteiger partial charge on any atom is -0.481 e. The van der Waals surface area contributed by atoms with E-state index in [1.807, 2.05) is 0 Å². The van der Waals surface area contributed by atoms with E-state index in [-0.39, 0.29) is 12.8 Å². The van der Waals surface area contributed by atoms with Crippen molar-refractivity contribution in [1.82, 2.24) is 0 Å². The molecule has 0 rings (SSSR count). The fraction of sp³-hybridized carbons (Fsp3) is 0.800. The van der Waals surface area contributed by atoms with Gasteiger partial charge in [-0.15, -0.1) is 0 Å². The molecule has 0 spiro atoms. The van der Waals surface area contributed by atoms with E-state index in [0.29, 0.717) is 19.3 Å². The van der Waals surface area contributed by atoms with E-state index < -0.39 is 17.7 Å². The molecule has 96 valence electrons. The van der Waals surface area contributed by atoms with E-state index in [1.165, 1.54) is 6.92 Å². The number of hydrogen-bond acceptors (Lipinski definition) is 4. The summed E-state index contributed by atoms with van der Waals surface area (Å²) in [4.78, 5) is 19.8. The van der Waals surface area contributed by atoms with Crippen molar-refractivity contribution in [1.29, 1.82) is 0 Å². The third-order valence-electron chi connectivity index (χ3n) is 1.70. The molecule has 0 radical (unpaired) electrons. The van der Waals surface area contributed by atoms with Crippen LogP contribution in [0.1, 0.15) is 46.0 Å². The SMILES string of the molecule is CCC(C)(O)O.O=C(O)CCCCC(=O)O. The Balaban J connectivity index is 0. The lowest BCUT2D eigenvalue weighted by atomic mass is 10.2. The van der Waals surface area contributed by atoms with Gasteiger partial charge in [0.05, 0.1) is 0 Å². The van der Waals surface area contributed by atoms with Crippen LogP contribution in [0.25, 0.3) is 0 Å². The minimum atomic E-state index is -1.46. The average Bonchev–Trinajstić information content (AvgIpc) is 2.12. The van der Waals surface area contributed by atoms with Crippen molar-refractivity contribution >= 4 is 11.9 Å². The van der Waals surface area contributed by atoms with Crippen molar-refractivity contribution in [2.24, 2.45) is 0 Å². The number of rotatable bonds is 6. The van der Waals surface area contributed by atoms with Crippen LogP contribution in [0.3, 0.4) is 0 Å². The number of carboxylic acids is 2. The van der Waals surface area contributed by atoms with Gasteiger partial charge in [0.1, 0.15) is 0 Å². The maximum absolute atomic E-state index is 9.90. The second kappa shape index (κ2) is 9.11. The fourth-order valence-corrected chi connectivity index (χ4v) is 0.552. The summed E-state index contributed by atoms with van der Waals surface area (Å²) in [6.45, 7) is 3.06. The standard InChI is InChI=1S/C6H10O4.C4H10O2/c7-5(8)3-1-2-4-6(9)10;1-3-4(2,5)6/h1-4H2,(H,7,8)(H,9,10);5-6H,3H2,1-2H3. The molecule has 0 unspecified atom stereocenters. The summed E-state index contributed by atoms with van der Waals surface area (Å²) in [6, 6.07) is 0. The van der Waals surface area contributed by atoms with Crippen LogP contribution in [0.2, 0.25) is 0 Å². The van der Waals surface area contributed by atoms with Gasteiger partial charge in [-0.05, 0) is 26.2 Å². The molecule has 0 bridgehead atoms. The number of aliphatic hydroxyl groups is 2. The quantitative estimate of drug-likeness (QED) is 0.401. The van der Waals surface area contributed by atoms with Crippen molar-refractivity contribution in [2.45, 2.75) is 51.7 Å². The highest BCUT2D eigenvalue weighted by molar-refractivity contribution is 5.67. The molecule has 0 aliphatic heterocycles. The van der Waals surface area contributed by atoms with Gasteiger partial charge in [-0.1, -0.05) is 6.92 Å². The Hall–Kier alpha value is -1.14. The monoisotopic (exact) mass is 236 g/mol. The second-order valence-corrected chi connectivity index (χ2v) is 3.57. The van der Waals surface area contributed by atoms with Gasteiger partial charge < -0.3 is 20.4 Å². The largest absolute Gasteiger partial charge is 0.481 e. The molecule has 16 heavy (non-hydrogen) atoms. The first-order valence-electron chi connectivity index (χ1n) is 5.07. The van der Waals surface area contributed by atoms with Gasteiger partial charge >= 0.3 is 11.9 Å². The summed E-state index contributed by atoms with van der Waals surface area (Å²) in [5.41, 5.74) is 0. The zero-order valence-electron chi connectivity index (χ0n) is 9.64. The summed E-state index contributed by atoms with van der Waals surface area (Å²) in [7, 11) is 0. The summed E-state index contributed by atoms with van der Waals surface area (Å²) in [6.07, 6.45) is 1.40. The van der Waals surface area contributed by atoms with Crippen LogP contribution in [0.4, 0.5) is 0 Å². The van der Waals surface area contributed by atoms with Crippen LogP contribution in [0.5, 0.6) is 0 Å². The lowest BCUT2D eigenvalue weighted by molar-refractivity contribution is -0.145. The molecule has 0 saturated heterocycles. The van der Waals surface area contributed by atoms with Crippen LogP contribution in [0.15, 0.2) is 0 Å². The van der Waals surface area contributed by atoms with E-state index in [9.17, 15) is 9.59 Å². The summed E-state index contributed by atoms with van der Waals surface area (Å²) < 4.78 is 0. The van der Waals surface area contributed by atoms with Crippen LogP contribution in [-0.2, 0) is 9.59 Å². The van der Waals surface area contributed by atoms with Crippen LogP contribution >= 0.6 is 0 Å². The maximum Gasteiger partial charge on any atom is 0.303 e. The molecule has 0 aliphatic rings. The van der Waals surface area contributed by atoms with E-state index in [4.69, 9.17) is 20.4 Å². The smallest absolute Gasteiger partial charge is 0.303 e. The normalized spacial score (nSPS) is 10.2. The molecule has 0 aromatic rings. The Morgan fingerprint density at radius 3 is 1.38 bits per heavy atom. The van der Waals surface area contributed by atoms with Gasteiger partial charge in [-0.2, -0.15) is 0 Å². The molecular formula is C10H20O6. The summed E-state index contributed by atoms with van der Waals surface area (Å²) >= 11 is 0. The lowest BCUT2D eigenvalue weighted by Gasteiger charge is -2.10. The Labute approximate surface area is 94.5 Å². The molecule has 0 heterocycles. The first-order valence-corrected chi connectivity index (χ1v) is 5.07. The molecule has 0 aromatic heterocycles. The zero-order valence-corrected chi connectivity index (χ0v) is 9.64. The molecule has 0 saturated carbocycles.